The van der Waals surface area contributed by atoms with Gasteiger partial charge in [-0.3, -0.25) is 0 Å². The van der Waals surface area contributed by atoms with E-state index in [1.54, 1.807) is 6.07 Å². The summed E-state index contributed by atoms with van der Waals surface area (Å²) in [5, 5.41) is 4.48. The summed E-state index contributed by atoms with van der Waals surface area (Å²) in [5.41, 5.74) is 1.05. The molecule has 1 fully saturated rings. The number of benzene rings is 1. The highest BCUT2D eigenvalue weighted by Crippen LogP contribution is 2.49. The molecule has 4 heteroatoms. The largest absolute Gasteiger partial charge is 0.494 e. The molecule has 1 aromatic carbocycles. The third kappa shape index (κ3) is 2.15. The van der Waals surface area contributed by atoms with Crippen LogP contribution < -0.4 is 10.1 Å². The van der Waals surface area contributed by atoms with Gasteiger partial charge in [-0.15, -0.1) is 0 Å². The van der Waals surface area contributed by atoms with Gasteiger partial charge in [0.15, 0.2) is 0 Å². The molecule has 1 aliphatic carbocycles. The molecule has 2 rings (SSSR count). The SMILES string of the molecule is CCOc1ccc(Cl)c(Cl)c1C1CC1NC. The highest BCUT2D eigenvalue weighted by atomic mass is 35.5. The summed E-state index contributed by atoms with van der Waals surface area (Å²) in [7, 11) is 1.96. The molecule has 0 amide bonds. The fraction of sp³-hybridized carbons (Fsp3) is 0.500. The van der Waals surface area contributed by atoms with Gasteiger partial charge in [-0.1, -0.05) is 23.2 Å². The van der Waals surface area contributed by atoms with Crippen molar-refractivity contribution in [3.63, 3.8) is 0 Å². The number of likely N-dealkylation sites (N-methyl/N-ethyl adjacent to an activating group) is 1. The van der Waals surface area contributed by atoms with Gasteiger partial charge in [0.25, 0.3) is 0 Å². The number of nitrogens with one attached hydrogen (secondary N) is 1. The zero-order chi connectivity index (χ0) is 11.7. The molecule has 0 saturated heterocycles. The first-order valence-corrected chi connectivity index (χ1v) is 6.22. The van der Waals surface area contributed by atoms with Crippen LogP contribution in [0.15, 0.2) is 12.1 Å². The molecule has 1 aliphatic rings. The van der Waals surface area contributed by atoms with E-state index in [0.717, 1.165) is 17.7 Å². The minimum atomic E-state index is 0.428. The van der Waals surface area contributed by atoms with E-state index in [2.05, 4.69) is 5.32 Å². The molecule has 1 saturated carbocycles. The Morgan fingerprint density at radius 2 is 2.19 bits per heavy atom. The topological polar surface area (TPSA) is 21.3 Å². The number of halogens is 2. The van der Waals surface area contributed by atoms with Gasteiger partial charge >= 0.3 is 0 Å². The van der Waals surface area contributed by atoms with Gasteiger partial charge in [0.05, 0.1) is 16.7 Å². The Morgan fingerprint density at radius 3 is 2.75 bits per heavy atom. The van der Waals surface area contributed by atoms with Crippen molar-refractivity contribution in [1.82, 2.24) is 5.32 Å². The van der Waals surface area contributed by atoms with Crippen LogP contribution in [-0.4, -0.2) is 19.7 Å². The summed E-state index contributed by atoms with van der Waals surface area (Å²) in [5.74, 6) is 1.29. The third-order valence-corrected chi connectivity index (χ3v) is 3.74. The van der Waals surface area contributed by atoms with E-state index < -0.39 is 0 Å². The summed E-state index contributed by atoms with van der Waals surface area (Å²) in [4.78, 5) is 0. The maximum atomic E-state index is 6.25. The van der Waals surface area contributed by atoms with Crippen LogP contribution in [-0.2, 0) is 0 Å². The van der Waals surface area contributed by atoms with Gasteiger partial charge in [-0.2, -0.15) is 0 Å². The molecule has 2 nitrogen and oxygen atoms in total. The fourth-order valence-corrected chi connectivity index (χ4v) is 2.47. The van der Waals surface area contributed by atoms with Crippen LogP contribution in [0.4, 0.5) is 0 Å². The number of hydrogen-bond acceptors (Lipinski definition) is 2. The van der Waals surface area contributed by atoms with E-state index in [1.807, 2.05) is 20.0 Å². The monoisotopic (exact) mass is 259 g/mol. The van der Waals surface area contributed by atoms with Gasteiger partial charge in [-0.05, 0) is 32.5 Å². The van der Waals surface area contributed by atoms with E-state index in [-0.39, 0.29) is 0 Å². The molecular formula is C12H15Cl2NO. The van der Waals surface area contributed by atoms with Crippen LogP contribution >= 0.6 is 23.2 Å². The molecular weight excluding hydrogens is 245 g/mol. The second kappa shape index (κ2) is 4.82. The second-order valence-electron chi connectivity index (χ2n) is 3.94. The Hall–Kier alpha value is -0.440. The number of hydrogen-bond donors (Lipinski definition) is 1. The molecule has 0 spiro atoms. The first-order valence-electron chi connectivity index (χ1n) is 5.47. The van der Waals surface area contributed by atoms with E-state index in [9.17, 15) is 0 Å². The summed E-state index contributed by atoms with van der Waals surface area (Å²) in [6.45, 7) is 2.61. The van der Waals surface area contributed by atoms with Crippen LogP contribution in [0.2, 0.25) is 10.0 Å². The molecule has 0 bridgehead atoms. The van der Waals surface area contributed by atoms with Crippen molar-refractivity contribution < 1.29 is 4.74 Å². The van der Waals surface area contributed by atoms with Crippen LogP contribution in [0, 0.1) is 0 Å². The molecule has 0 heterocycles. The zero-order valence-corrected chi connectivity index (χ0v) is 10.9. The lowest BCUT2D eigenvalue weighted by atomic mass is 10.1. The third-order valence-electron chi connectivity index (χ3n) is 2.92. The quantitative estimate of drug-likeness (QED) is 0.895. The zero-order valence-electron chi connectivity index (χ0n) is 9.39. The minimum Gasteiger partial charge on any atom is -0.494 e. The second-order valence-corrected chi connectivity index (χ2v) is 4.73. The van der Waals surface area contributed by atoms with Crippen molar-refractivity contribution in [2.45, 2.75) is 25.3 Å². The smallest absolute Gasteiger partial charge is 0.124 e. The van der Waals surface area contributed by atoms with Crippen LogP contribution in [0.3, 0.4) is 0 Å². The predicted octanol–water partition coefficient (Wildman–Crippen LogP) is 3.47. The Kier molecular flexibility index (Phi) is 3.63. The van der Waals surface area contributed by atoms with Gasteiger partial charge in [0, 0.05) is 17.5 Å². The van der Waals surface area contributed by atoms with Gasteiger partial charge < -0.3 is 10.1 Å². The lowest BCUT2D eigenvalue weighted by Crippen LogP contribution is -2.11. The lowest BCUT2D eigenvalue weighted by molar-refractivity contribution is 0.336. The number of ether oxygens (including phenoxy) is 1. The first kappa shape index (κ1) is 12.0. The van der Waals surface area contributed by atoms with Crippen molar-refractivity contribution in [2.75, 3.05) is 13.7 Å². The average Bonchev–Trinajstić information content (AvgIpc) is 3.03. The van der Waals surface area contributed by atoms with Crippen molar-refractivity contribution in [3.8, 4) is 5.75 Å². The highest BCUT2D eigenvalue weighted by Gasteiger charge is 2.40. The minimum absolute atomic E-state index is 0.428. The number of rotatable bonds is 4. The molecule has 1 N–H and O–H groups in total. The van der Waals surface area contributed by atoms with Gasteiger partial charge in [-0.25, -0.2) is 0 Å². The Labute approximate surface area is 106 Å². The van der Waals surface area contributed by atoms with E-state index in [1.165, 1.54) is 0 Å². The molecule has 88 valence electrons. The molecule has 2 unspecified atom stereocenters. The predicted molar refractivity (Wildman–Crippen MR) is 67.8 cm³/mol. The maximum Gasteiger partial charge on any atom is 0.124 e. The Balaban J connectivity index is 2.36. The Morgan fingerprint density at radius 1 is 1.44 bits per heavy atom. The Bertz CT molecular complexity index is 395. The average molecular weight is 260 g/mol. The lowest BCUT2D eigenvalue weighted by Gasteiger charge is -2.12. The molecule has 2 atom stereocenters. The molecule has 0 aromatic heterocycles. The standard InChI is InChI=1S/C12H15Cl2NO/c1-3-16-10-5-4-8(13)12(14)11(10)7-6-9(7)15-2/h4-5,7,9,15H,3,6H2,1-2H3. The molecule has 1 aromatic rings. The fourth-order valence-electron chi connectivity index (χ4n) is 2.01. The summed E-state index contributed by atoms with van der Waals surface area (Å²) >= 11 is 12.3. The van der Waals surface area contributed by atoms with E-state index >= 15 is 0 Å². The molecule has 0 aliphatic heterocycles. The van der Waals surface area contributed by atoms with Crippen LogP contribution in [0.5, 0.6) is 5.75 Å². The van der Waals surface area contributed by atoms with Gasteiger partial charge in [0.2, 0.25) is 0 Å². The first-order chi connectivity index (χ1) is 7.69. The van der Waals surface area contributed by atoms with Crippen LogP contribution in [0.1, 0.15) is 24.8 Å². The van der Waals surface area contributed by atoms with E-state index in [0.29, 0.717) is 28.6 Å². The van der Waals surface area contributed by atoms with Crippen molar-refractivity contribution >= 4 is 23.2 Å². The van der Waals surface area contributed by atoms with Gasteiger partial charge in [0.1, 0.15) is 5.75 Å². The van der Waals surface area contributed by atoms with Crippen molar-refractivity contribution in [2.24, 2.45) is 0 Å². The maximum absolute atomic E-state index is 6.25. The molecule has 0 radical (unpaired) electrons. The normalized spacial score (nSPS) is 23.2. The van der Waals surface area contributed by atoms with Crippen LogP contribution in [0.25, 0.3) is 0 Å². The molecule has 16 heavy (non-hydrogen) atoms. The summed E-state index contributed by atoms with van der Waals surface area (Å²) in [6, 6.07) is 4.18. The van der Waals surface area contributed by atoms with Crippen molar-refractivity contribution in [1.29, 1.82) is 0 Å². The summed E-state index contributed by atoms with van der Waals surface area (Å²) in [6.07, 6.45) is 1.09. The van der Waals surface area contributed by atoms with E-state index in [4.69, 9.17) is 27.9 Å². The highest BCUT2D eigenvalue weighted by molar-refractivity contribution is 6.42. The summed E-state index contributed by atoms with van der Waals surface area (Å²) < 4.78 is 5.60. The van der Waals surface area contributed by atoms with Crippen molar-refractivity contribution in [3.05, 3.63) is 27.7 Å².